The van der Waals surface area contributed by atoms with Crippen LogP contribution in [0, 0.1) is 5.95 Å². The topological polar surface area (TPSA) is 114 Å². The first kappa shape index (κ1) is 23.5. The summed E-state index contributed by atoms with van der Waals surface area (Å²) >= 11 is 1.24. The second kappa shape index (κ2) is 10.4. The normalized spacial score (nSPS) is 22.5. The fourth-order valence-corrected chi connectivity index (χ4v) is 4.31. The molecule has 0 saturated carbocycles. The van der Waals surface area contributed by atoms with Crippen LogP contribution in [-0.2, 0) is 28.6 Å². The van der Waals surface area contributed by atoms with Gasteiger partial charge in [0.1, 0.15) is 5.75 Å². The lowest BCUT2D eigenvalue weighted by Gasteiger charge is -2.39. The van der Waals surface area contributed by atoms with Crippen LogP contribution in [0.3, 0.4) is 0 Å². The van der Waals surface area contributed by atoms with E-state index in [1.54, 1.807) is 18.2 Å². The molecule has 3 rings (SSSR count). The first-order chi connectivity index (χ1) is 15.2. The quantitative estimate of drug-likeness (QED) is 0.359. The highest BCUT2D eigenvalue weighted by Gasteiger charge is 2.47. The summed E-state index contributed by atoms with van der Waals surface area (Å²) in [5.74, 6) is -1.74. The van der Waals surface area contributed by atoms with Gasteiger partial charge in [0.15, 0.2) is 23.7 Å². The zero-order valence-electron chi connectivity index (χ0n) is 17.5. The molecule has 1 aliphatic rings. The number of esters is 3. The van der Waals surface area contributed by atoms with Crippen molar-refractivity contribution in [2.45, 2.75) is 44.5 Å². The lowest BCUT2D eigenvalue weighted by atomic mass is 10.1. The molecule has 11 heteroatoms. The predicted molar refractivity (Wildman–Crippen MR) is 111 cm³/mol. The Kier molecular flexibility index (Phi) is 7.62. The van der Waals surface area contributed by atoms with Gasteiger partial charge in [0.25, 0.3) is 0 Å². The molecule has 32 heavy (non-hydrogen) atoms. The summed E-state index contributed by atoms with van der Waals surface area (Å²) in [6.45, 7) is 3.66. The van der Waals surface area contributed by atoms with E-state index in [1.807, 2.05) is 0 Å². The van der Waals surface area contributed by atoms with Crippen LogP contribution in [0.4, 0.5) is 4.39 Å². The van der Waals surface area contributed by atoms with Crippen LogP contribution in [0.5, 0.6) is 5.75 Å². The summed E-state index contributed by atoms with van der Waals surface area (Å²) in [4.78, 5) is 42.7. The van der Waals surface area contributed by atoms with Crippen molar-refractivity contribution in [2.75, 3.05) is 5.75 Å². The Labute approximate surface area is 187 Å². The van der Waals surface area contributed by atoms with Crippen molar-refractivity contribution < 1.29 is 37.7 Å². The Bertz CT molecular complexity index is 971. The van der Waals surface area contributed by atoms with Gasteiger partial charge in [-0.1, -0.05) is 0 Å². The van der Waals surface area contributed by atoms with Gasteiger partial charge in [0.05, 0.1) is 11.9 Å². The minimum atomic E-state index is -1.04. The summed E-state index contributed by atoms with van der Waals surface area (Å²) in [5.41, 5.74) is 0.433. The molecule has 2 aromatic heterocycles. The number of hydrogen-bond acceptors (Lipinski definition) is 10. The molecule has 1 aliphatic heterocycles. The fraction of sp³-hybridized carbons (Fsp3) is 0.381. The molecule has 0 aliphatic carbocycles. The largest absolute Gasteiger partial charge is 0.474 e. The number of hydrogen-bond donors (Lipinski definition) is 0. The molecule has 9 nitrogen and oxygen atoms in total. The monoisotopic (exact) mass is 464 g/mol. The van der Waals surface area contributed by atoms with Gasteiger partial charge < -0.3 is 18.9 Å². The van der Waals surface area contributed by atoms with Gasteiger partial charge in [0, 0.05) is 38.3 Å². The number of halogens is 1. The van der Waals surface area contributed by atoms with Crippen LogP contribution in [0.2, 0.25) is 0 Å². The Hall–Kier alpha value is -3.21. The maximum atomic E-state index is 13.0. The number of pyridine rings is 2. The van der Waals surface area contributed by atoms with E-state index < -0.39 is 47.6 Å². The molecule has 2 aromatic rings. The van der Waals surface area contributed by atoms with Gasteiger partial charge in [-0.2, -0.15) is 4.39 Å². The summed E-state index contributed by atoms with van der Waals surface area (Å²) in [6, 6.07) is 6.11. The molecule has 4 atom stereocenters. The minimum Gasteiger partial charge on any atom is -0.474 e. The summed E-state index contributed by atoms with van der Waals surface area (Å²) in [7, 11) is 0. The molecule has 3 heterocycles. The van der Waals surface area contributed by atoms with Crippen LogP contribution in [-0.4, -0.2) is 57.4 Å². The summed E-state index contributed by atoms with van der Waals surface area (Å²) in [6.07, 6.45) is -0.0463. The predicted octanol–water partition coefficient (Wildman–Crippen LogP) is 2.53. The van der Waals surface area contributed by atoms with E-state index in [2.05, 4.69) is 9.97 Å². The third-order valence-electron chi connectivity index (χ3n) is 4.32. The first-order valence-electron chi connectivity index (χ1n) is 9.61. The number of carbonyl (C=O) groups is 3. The Balaban J connectivity index is 1.80. The Morgan fingerprint density at radius 2 is 1.59 bits per heavy atom. The number of aromatic nitrogens is 2. The molecule has 0 radical (unpaired) electrons. The zero-order valence-corrected chi connectivity index (χ0v) is 18.3. The van der Waals surface area contributed by atoms with Crippen molar-refractivity contribution in [1.82, 2.24) is 9.97 Å². The molecular formula is C21H21FN2O7S. The molecule has 0 bridgehead atoms. The maximum Gasteiger partial charge on any atom is 0.303 e. The third kappa shape index (κ3) is 6.16. The Morgan fingerprint density at radius 1 is 0.906 bits per heavy atom. The molecule has 0 amide bonds. The van der Waals surface area contributed by atoms with Crippen molar-refractivity contribution in [1.29, 1.82) is 0 Å². The van der Waals surface area contributed by atoms with E-state index in [-0.39, 0.29) is 5.75 Å². The molecule has 1 fully saturated rings. The SMILES string of the molecule is CC(=O)O[C@@H]1[C@@H](OC(C)=O)[C@@H](Oc2ccc(-c3ccc(F)nc3)nc2)SC[C@H]1OC(C)=O. The number of ether oxygens (including phenoxy) is 4. The van der Waals surface area contributed by atoms with Gasteiger partial charge in [0.2, 0.25) is 5.95 Å². The van der Waals surface area contributed by atoms with E-state index in [0.29, 0.717) is 17.0 Å². The van der Waals surface area contributed by atoms with Gasteiger partial charge in [-0.3, -0.25) is 19.4 Å². The molecule has 0 unspecified atom stereocenters. The average molecular weight is 464 g/mol. The van der Waals surface area contributed by atoms with Crippen molar-refractivity contribution in [2.24, 2.45) is 0 Å². The second-order valence-corrected chi connectivity index (χ2v) is 8.00. The first-order valence-corrected chi connectivity index (χ1v) is 10.7. The van der Waals surface area contributed by atoms with Crippen molar-refractivity contribution in [3.63, 3.8) is 0 Å². The summed E-state index contributed by atoms with van der Waals surface area (Å²) in [5, 5.41) is 0. The molecule has 1 saturated heterocycles. The lowest BCUT2D eigenvalue weighted by molar-refractivity contribution is -0.186. The minimum absolute atomic E-state index is 0.257. The zero-order chi connectivity index (χ0) is 23.3. The summed E-state index contributed by atoms with van der Waals surface area (Å²) < 4.78 is 35.0. The third-order valence-corrected chi connectivity index (χ3v) is 5.53. The van der Waals surface area contributed by atoms with E-state index in [0.717, 1.165) is 0 Å². The van der Waals surface area contributed by atoms with Crippen LogP contribution >= 0.6 is 11.8 Å². The molecule has 0 spiro atoms. The number of rotatable bonds is 6. The van der Waals surface area contributed by atoms with Crippen molar-refractivity contribution in [3.8, 4) is 17.0 Å². The van der Waals surface area contributed by atoms with E-state index in [1.165, 1.54) is 51.0 Å². The number of nitrogens with zero attached hydrogens (tertiary/aromatic N) is 2. The lowest BCUT2D eigenvalue weighted by Crippen LogP contribution is -2.55. The van der Waals surface area contributed by atoms with Crippen molar-refractivity contribution >= 4 is 29.7 Å². The molecular weight excluding hydrogens is 443 g/mol. The Morgan fingerprint density at radius 3 is 2.16 bits per heavy atom. The van der Waals surface area contributed by atoms with E-state index in [4.69, 9.17) is 18.9 Å². The smallest absolute Gasteiger partial charge is 0.303 e. The number of thioether (sulfide) groups is 1. The van der Waals surface area contributed by atoms with Crippen LogP contribution in [0.1, 0.15) is 20.8 Å². The molecule has 170 valence electrons. The fourth-order valence-electron chi connectivity index (χ4n) is 3.09. The van der Waals surface area contributed by atoms with Gasteiger partial charge in [-0.15, -0.1) is 11.8 Å². The maximum absolute atomic E-state index is 13.0. The van der Waals surface area contributed by atoms with Gasteiger partial charge in [-0.25, -0.2) is 4.98 Å². The van der Waals surface area contributed by atoms with E-state index in [9.17, 15) is 18.8 Å². The van der Waals surface area contributed by atoms with Crippen LogP contribution in [0.15, 0.2) is 36.7 Å². The van der Waals surface area contributed by atoms with E-state index >= 15 is 0 Å². The van der Waals surface area contributed by atoms with Gasteiger partial charge in [-0.05, 0) is 24.3 Å². The van der Waals surface area contributed by atoms with Crippen molar-refractivity contribution in [3.05, 3.63) is 42.6 Å². The van der Waals surface area contributed by atoms with Crippen LogP contribution < -0.4 is 4.74 Å². The molecule has 0 aromatic carbocycles. The molecule has 0 N–H and O–H groups in total. The highest BCUT2D eigenvalue weighted by Crippen LogP contribution is 2.34. The highest BCUT2D eigenvalue weighted by molar-refractivity contribution is 7.99. The standard InChI is InChI=1S/C21H21FN2O7S/c1-11(25)28-17-10-32-21(20(30-13(3)27)19(17)29-12(2)26)31-15-5-6-16(23-9-15)14-4-7-18(22)24-8-14/h4-9,17,19-21H,10H2,1-3H3/t17-,19+,20-,21+/m1/s1. The number of carbonyl (C=O) groups excluding carboxylic acids is 3. The highest BCUT2D eigenvalue weighted by atomic mass is 32.2. The van der Waals surface area contributed by atoms with Crippen LogP contribution in [0.25, 0.3) is 11.3 Å². The van der Waals surface area contributed by atoms with Gasteiger partial charge >= 0.3 is 17.9 Å². The average Bonchev–Trinajstić information content (AvgIpc) is 2.72. The second-order valence-electron chi connectivity index (χ2n) is 6.86.